The van der Waals surface area contributed by atoms with Crippen LogP contribution in [-0.2, 0) is 4.79 Å². The number of anilines is 1. The Morgan fingerprint density at radius 1 is 1.14 bits per heavy atom. The maximum atomic E-state index is 12.5. The van der Waals surface area contributed by atoms with E-state index in [0.717, 1.165) is 5.69 Å². The van der Waals surface area contributed by atoms with Crippen LogP contribution in [0.15, 0.2) is 53.9 Å². The Kier molecular flexibility index (Phi) is 6.90. The number of carbonyl (C=O) groups excluding carboxylic acids is 1. The molecule has 0 unspecified atom stereocenters. The Labute approximate surface area is 177 Å². The van der Waals surface area contributed by atoms with Crippen LogP contribution < -0.4 is 19.5 Å². The van der Waals surface area contributed by atoms with Crippen molar-refractivity contribution in [1.82, 2.24) is 9.55 Å². The van der Waals surface area contributed by atoms with Crippen molar-refractivity contribution in [2.24, 2.45) is 0 Å². The summed E-state index contributed by atoms with van der Waals surface area (Å²) in [6.07, 6.45) is 3.51. The van der Waals surface area contributed by atoms with E-state index in [4.69, 9.17) is 25.8 Å². The number of ether oxygens (including phenoxy) is 3. The van der Waals surface area contributed by atoms with Crippen LogP contribution in [0.4, 0.5) is 5.69 Å². The third-order valence-corrected chi connectivity index (χ3v) is 5.18. The summed E-state index contributed by atoms with van der Waals surface area (Å²) >= 11 is 7.39. The van der Waals surface area contributed by atoms with Gasteiger partial charge < -0.3 is 19.5 Å². The number of amides is 1. The monoisotopic (exact) mass is 433 g/mol. The van der Waals surface area contributed by atoms with Gasteiger partial charge in [-0.15, -0.1) is 0 Å². The van der Waals surface area contributed by atoms with E-state index in [0.29, 0.717) is 33.1 Å². The summed E-state index contributed by atoms with van der Waals surface area (Å²) in [6, 6.07) is 10.8. The van der Waals surface area contributed by atoms with E-state index in [-0.39, 0.29) is 11.7 Å². The van der Waals surface area contributed by atoms with Crippen molar-refractivity contribution in [2.45, 2.75) is 5.16 Å². The summed E-state index contributed by atoms with van der Waals surface area (Å²) in [7, 11) is 4.57. The van der Waals surface area contributed by atoms with Crippen molar-refractivity contribution in [3.05, 3.63) is 53.8 Å². The lowest BCUT2D eigenvalue weighted by atomic mass is 10.2. The first-order chi connectivity index (χ1) is 14.0. The lowest BCUT2D eigenvalue weighted by Gasteiger charge is -2.14. The number of hydrogen-bond acceptors (Lipinski definition) is 6. The Morgan fingerprint density at radius 3 is 2.48 bits per heavy atom. The molecule has 1 amide bonds. The number of rotatable bonds is 8. The SMILES string of the molecule is COc1cc(NC(=O)CSc2nccn2-c2cccc(Cl)c2)cc(OC)c1OC. The molecule has 0 radical (unpaired) electrons. The number of methoxy groups -OCH3 is 3. The number of imidazole rings is 1. The minimum Gasteiger partial charge on any atom is -0.493 e. The second kappa shape index (κ2) is 9.58. The third kappa shape index (κ3) is 4.96. The molecule has 1 aromatic heterocycles. The van der Waals surface area contributed by atoms with Gasteiger partial charge in [0.25, 0.3) is 0 Å². The van der Waals surface area contributed by atoms with Crippen molar-refractivity contribution < 1.29 is 19.0 Å². The maximum Gasteiger partial charge on any atom is 0.234 e. The molecule has 1 N–H and O–H groups in total. The van der Waals surface area contributed by atoms with Crippen LogP contribution in [0.2, 0.25) is 5.02 Å². The molecule has 7 nitrogen and oxygen atoms in total. The zero-order chi connectivity index (χ0) is 20.8. The molecule has 0 fully saturated rings. The number of aromatic nitrogens is 2. The van der Waals surface area contributed by atoms with E-state index >= 15 is 0 Å². The highest BCUT2D eigenvalue weighted by Crippen LogP contribution is 2.40. The van der Waals surface area contributed by atoms with Crippen molar-refractivity contribution in [1.29, 1.82) is 0 Å². The molecular formula is C20H20ClN3O4S. The van der Waals surface area contributed by atoms with Crippen molar-refractivity contribution >= 4 is 35.0 Å². The predicted octanol–water partition coefficient (Wildman–Crippen LogP) is 4.28. The normalized spacial score (nSPS) is 10.5. The van der Waals surface area contributed by atoms with Gasteiger partial charge in [0.05, 0.1) is 27.1 Å². The molecule has 2 aromatic carbocycles. The molecule has 1 heterocycles. The molecule has 0 atom stereocenters. The summed E-state index contributed by atoms with van der Waals surface area (Å²) in [5, 5.41) is 4.16. The Hall–Kier alpha value is -2.84. The summed E-state index contributed by atoms with van der Waals surface area (Å²) in [5.74, 6) is 1.38. The second-order valence-corrected chi connectivity index (χ2v) is 7.19. The number of thioether (sulfide) groups is 1. The first-order valence-corrected chi connectivity index (χ1v) is 9.94. The molecular weight excluding hydrogens is 414 g/mol. The standard InChI is InChI=1S/C20H20ClN3O4S/c1-26-16-10-14(11-17(27-2)19(16)28-3)23-18(25)12-29-20-22-7-8-24(20)15-6-4-5-13(21)9-15/h4-11H,12H2,1-3H3,(H,23,25). The summed E-state index contributed by atoms with van der Waals surface area (Å²) in [4.78, 5) is 16.8. The van der Waals surface area contributed by atoms with E-state index in [2.05, 4.69) is 10.3 Å². The van der Waals surface area contributed by atoms with Crippen LogP contribution in [-0.4, -0.2) is 42.5 Å². The number of benzene rings is 2. The zero-order valence-corrected chi connectivity index (χ0v) is 17.7. The van der Waals surface area contributed by atoms with Crippen LogP contribution in [0, 0.1) is 0 Å². The highest BCUT2D eigenvalue weighted by molar-refractivity contribution is 7.99. The Morgan fingerprint density at radius 2 is 1.86 bits per heavy atom. The number of halogens is 1. The van der Waals surface area contributed by atoms with Gasteiger partial charge in [-0.3, -0.25) is 9.36 Å². The number of nitrogens with zero attached hydrogens (tertiary/aromatic N) is 2. The lowest BCUT2D eigenvalue weighted by molar-refractivity contribution is -0.113. The van der Waals surface area contributed by atoms with Gasteiger partial charge in [0, 0.05) is 40.9 Å². The largest absolute Gasteiger partial charge is 0.493 e. The molecule has 9 heteroatoms. The summed E-state index contributed by atoms with van der Waals surface area (Å²) in [6.45, 7) is 0. The molecule has 0 aliphatic carbocycles. The van der Waals surface area contributed by atoms with Crippen LogP contribution in [0.25, 0.3) is 5.69 Å². The van der Waals surface area contributed by atoms with Crippen molar-refractivity contribution in [3.63, 3.8) is 0 Å². The van der Waals surface area contributed by atoms with Crippen LogP contribution in [0.1, 0.15) is 0 Å². The van der Waals surface area contributed by atoms with Gasteiger partial charge in [-0.05, 0) is 18.2 Å². The second-order valence-electron chi connectivity index (χ2n) is 5.81. The molecule has 0 saturated carbocycles. The average molecular weight is 434 g/mol. The van der Waals surface area contributed by atoms with Gasteiger partial charge in [-0.1, -0.05) is 29.4 Å². The van der Waals surface area contributed by atoms with Gasteiger partial charge in [0.1, 0.15) is 0 Å². The lowest BCUT2D eigenvalue weighted by Crippen LogP contribution is -2.15. The predicted molar refractivity (Wildman–Crippen MR) is 114 cm³/mol. The molecule has 0 aliphatic heterocycles. The molecule has 29 heavy (non-hydrogen) atoms. The van der Waals surface area contributed by atoms with Gasteiger partial charge in [-0.2, -0.15) is 0 Å². The Balaban J connectivity index is 1.69. The van der Waals surface area contributed by atoms with Crippen LogP contribution in [0.5, 0.6) is 17.2 Å². The highest BCUT2D eigenvalue weighted by Gasteiger charge is 2.15. The molecule has 0 aliphatic rings. The van der Waals surface area contributed by atoms with E-state index in [1.165, 1.54) is 33.1 Å². The molecule has 0 saturated heterocycles. The summed E-state index contributed by atoms with van der Waals surface area (Å²) in [5.41, 5.74) is 1.42. The number of hydrogen-bond donors (Lipinski definition) is 1. The molecule has 3 rings (SSSR count). The number of nitrogens with one attached hydrogen (secondary N) is 1. The first-order valence-electron chi connectivity index (χ1n) is 8.57. The maximum absolute atomic E-state index is 12.5. The average Bonchev–Trinajstić information content (AvgIpc) is 3.20. The van der Waals surface area contributed by atoms with Gasteiger partial charge in [-0.25, -0.2) is 4.98 Å². The highest BCUT2D eigenvalue weighted by atomic mass is 35.5. The van der Waals surface area contributed by atoms with E-state index < -0.39 is 0 Å². The zero-order valence-electron chi connectivity index (χ0n) is 16.1. The number of carbonyl (C=O) groups is 1. The minimum atomic E-state index is -0.190. The van der Waals surface area contributed by atoms with E-state index in [1.54, 1.807) is 24.4 Å². The van der Waals surface area contributed by atoms with E-state index in [9.17, 15) is 4.79 Å². The smallest absolute Gasteiger partial charge is 0.234 e. The fourth-order valence-electron chi connectivity index (χ4n) is 2.70. The van der Waals surface area contributed by atoms with Crippen LogP contribution >= 0.6 is 23.4 Å². The Bertz CT molecular complexity index is 984. The van der Waals surface area contributed by atoms with Crippen molar-refractivity contribution in [3.8, 4) is 22.9 Å². The van der Waals surface area contributed by atoms with E-state index in [1.807, 2.05) is 29.0 Å². The van der Waals surface area contributed by atoms with Crippen molar-refractivity contribution in [2.75, 3.05) is 32.4 Å². The van der Waals surface area contributed by atoms with Gasteiger partial charge in [0.2, 0.25) is 11.7 Å². The molecule has 3 aromatic rings. The fourth-order valence-corrected chi connectivity index (χ4v) is 3.66. The fraction of sp³-hybridized carbons (Fsp3) is 0.200. The van der Waals surface area contributed by atoms with Crippen LogP contribution in [0.3, 0.4) is 0 Å². The molecule has 0 bridgehead atoms. The molecule has 152 valence electrons. The molecule has 0 spiro atoms. The topological polar surface area (TPSA) is 74.6 Å². The quantitative estimate of drug-likeness (QED) is 0.534. The summed E-state index contributed by atoms with van der Waals surface area (Å²) < 4.78 is 17.8. The third-order valence-electron chi connectivity index (χ3n) is 3.97. The van der Waals surface area contributed by atoms with Gasteiger partial charge in [0.15, 0.2) is 16.7 Å². The first kappa shape index (κ1) is 20.9. The minimum absolute atomic E-state index is 0.175. The van der Waals surface area contributed by atoms with Gasteiger partial charge >= 0.3 is 0 Å².